The normalized spacial score (nSPS) is 11.9. The Labute approximate surface area is 170 Å². The van der Waals surface area contributed by atoms with Crippen molar-refractivity contribution in [3.63, 3.8) is 0 Å². The molecule has 0 amide bonds. The zero-order chi connectivity index (χ0) is 23.7. The van der Waals surface area contributed by atoms with Crippen molar-refractivity contribution in [1.82, 2.24) is 4.90 Å². The van der Waals surface area contributed by atoms with Crippen LogP contribution in [0.2, 0.25) is 0 Å². The molecule has 0 aromatic heterocycles. The van der Waals surface area contributed by atoms with Gasteiger partial charge in [-0.15, -0.1) is 0 Å². The highest BCUT2D eigenvalue weighted by atomic mass is 32.1. The lowest BCUT2D eigenvalue weighted by Gasteiger charge is -2.22. The Balaban J connectivity index is -0.000000140. The van der Waals surface area contributed by atoms with Gasteiger partial charge in [-0.05, 0) is 19.5 Å². The van der Waals surface area contributed by atoms with E-state index in [9.17, 15) is 19.2 Å². The molecule has 28 heavy (non-hydrogen) atoms. The molecule has 0 saturated heterocycles. The van der Waals surface area contributed by atoms with E-state index in [-0.39, 0.29) is 24.3 Å². The van der Waals surface area contributed by atoms with Gasteiger partial charge in [0.25, 0.3) is 0 Å². The van der Waals surface area contributed by atoms with E-state index in [4.69, 9.17) is 31.9 Å². The summed E-state index contributed by atoms with van der Waals surface area (Å²) in [6.45, 7) is 5.23. The molecule has 0 aliphatic heterocycles. The van der Waals surface area contributed by atoms with Crippen LogP contribution in [0.1, 0.15) is 20.8 Å². The SMILES string of the molecule is CC(C)(C)[C@@H](N)C(=O)O.CN(C)CC(=O)O.NCC(=O)O.N[C@@H](CS)C(=O)O. The van der Waals surface area contributed by atoms with Gasteiger partial charge < -0.3 is 37.6 Å². The molecule has 13 heteroatoms. The van der Waals surface area contributed by atoms with Gasteiger partial charge in [0, 0.05) is 5.75 Å². The minimum atomic E-state index is -1.00. The Morgan fingerprint density at radius 3 is 1.29 bits per heavy atom. The predicted molar refractivity (Wildman–Crippen MR) is 107 cm³/mol. The van der Waals surface area contributed by atoms with Gasteiger partial charge in [-0.3, -0.25) is 24.1 Å². The van der Waals surface area contributed by atoms with Gasteiger partial charge in [-0.2, -0.15) is 12.6 Å². The second-order valence-electron chi connectivity index (χ2n) is 6.54. The number of aliphatic carboxylic acids is 4. The molecule has 0 spiro atoms. The van der Waals surface area contributed by atoms with Gasteiger partial charge in [0.05, 0.1) is 13.1 Å². The average Bonchev–Trinajstić information content (AvgIpc) is 2.52. The number of carboxylic acid groups (broad SMARTS) is 4. The second-order valence-corrected chi connectivity index (χ2v) is 6.90. The van der Waals surface area contributed by atoms with Crippen molar-refractivity contribution in [3.05, 3.63) is 0 Å². The highest BCUT2D eigenvalue weighted by molar-refractivity contribution is 7.80. The molecule has 0 aliphatic carbocycles. The summed E-state index contributed by atoms with van der Waals surface area (Å²) in [6, 6.07) is -1.58. The van der Waals surface area contributed by atoms with Gasteiger partial charge >= 0.3 is 23.9 Å². The molecule has 0 unspecified atom stereocenters. The van der Waals surface area contributed by atoms with E-state index in [0.717, 1.165) is 0 Å². The first kappa shape index (κ1) is 33.6. The number of hydrogen-bond acceptors (Lipinski definition) is 9. The molecule has 0 bridgehead atoms. The molecular formula is C15H34N4O8S. The summed E-state index contributed by atoms with van der Waals surface area (Å²) in [5.74, 6) is -3.51. The maximum Gasteiger partial charge on any atom is 0.321 e. The van der Waals surface area contributed by atoms with Crippen molar-refractivity contribution in [2.24, 2.45) is 22.6 Å². The Morgan fingerprint density at radius 2 is 1.29 bits per heavy atom. The summed E-state index contributed by atoms with van der Waals surface area (Å²) < 4.78 is 0. The number of nitrogens with two attached hydrogens (primary N) is 3. The van der Waals surface area contributed by atoms with E-state index in [1.165, 1.54) is 0 Å². The monoisotopic (exact) mass is 430 g/mol. The predicted octanol–water partition coefficient (Wildman–Crippen LogP) is -1.57. The smallest absolute Gasteiger partial charge is 0.321 e. The van der Waals surface area contributed by atoms with Crippen LogP contribution in [-0.2, 0) is 19.2 Å². The Kier molecular flexibility index (Phi) is 22.1. The summed E-state index contributed by atoms with van der Waals surface area (Å²) in [4.78, 5) is 40.6. The van der Waals surface area contributed by atoms with Gasteiger partial charge in [-0.1, -0.05) is 20.8 Å². The number of carbonyl (C=O) groups is 4. The van der Waals surface area contributed by atoms with Crippen molar-refractivity contribution >= 4 is 36.5 Å². The van der Waals surface area contributed by atoms with E-state index in [1.807, 2.05) is 0 Å². The number of carboxylic acids is 4. The molecule has 0 heterocycles. The molecule has 0 saturated carbocycles. The van der Waals surface area contributed by atoms with Crippen LogP contribution in [0.5, 0.6) is 0 Å². The lowest BCUT2D eigenvalue weighted by atomic mass is 9.88. The number of thiol groups is 1. The van der Waals surface area contributed by atoms with Crippen LogP contribution in [0.3, 0.4) is 0 Å². The summed E-state index contributed by atoms with van der Waals surface area (Å²) >= 11 is 3.65. The zero-order valence-electron chi connectivity index (χ0n) is 16.8. The third kappa shape index (κ3) is 31.8. The Hall–Kier alpha value is -1.93. The van der Waals surface area contributed by atoms with Gasteiger partial charge in [0.15, 0.2) is 0 Å². The lowest BCUT2D eigenvalue weighted by Crippen LogP contribution is -2.41. The Bertz CT molecular complexity index is 469. The van der Waals surface area contributed by atoms with Crippen LogP contribution < -0.4 is 17.2 Å². The van der Waals surface area contributed by atoms with E-state index in [1.54, 1.807) is 39.8 Å². The van der Waals surface area contributed by atoms with Crippen molar-refractivity contribution in [1.29, 1.82) is 0 Å². The standard InChI is InChI=1S/C6H13NO2.C4H9NO2.C3H7NO2S.C2H5NO2/c1-6(2,3)4(7)5(8)9;1-5(2)3-4(6)7;4-2(1-7)3(5)6;3-1-2(4)5/h4H,7H2,1-3H3,(H,8,9);3H2,1-2H3,(H,6,7);2,7H,1,4H2,(H,5,6);1,3H2,(H,4,5)/t4-;;2-;/m0.0./s1. The van der Waals surface area contributed by atoms with Crippen LogP contribution in [0.25, 0.3) is 0 Å². The molecule has 0 aliphatic rings. The summed E-state index contributed by atoms with van der Waals surface area (Å²) in [7, 11) is 3.43. The van der Waals surface area contributed by atoms with Gasteiger partial charge in [0.1, 0.15) is 12.1 Å². The molecular weight excluding hydrogens is 396 g/mol. The molecule has 10 N–H and O–H groups in total. The Morgan fingerprint density at radius 1 is 0.929 bits per heavy atom. The third-order valence-electron chi connectivity index (χ3n) is 2.34. The molecule has 2 atom stereocenters. The van der Waals surface area contributed by atoms with Gasteiger partial charge in [-0.25, -0.2) is 0 Å². The molecule has 0 aromatic rings. The first-order valence-electron chi connectivity index (χ1n) is 7.79. The molecule has 12 nitrogen and oxygen atoms in total. The number of rotatable bonds is 6. The number of likely N-dealkylation sites (N-methyl/N-ethyl adjacent to an activating group) is 1. The molecule has 168 valence electrons. The first-order chi connectivity index (χ1) is 12.4. The van der Waals surface area contributed by atoms with Crippen molar-refractivity contribution in [2.45, 2.75) is 32.9 Å². The average molecular weight is 431 g/mol. The van der Waals surface area contributed by atoms with E-state index in [2.05, 4.69) is 18.4 Å². The van der Waals surface area contributed by atoms with Crippen molar-refractivity contribution < 1.29 is 39.6 Å². The minimum absolute atomic E-state index is 0.111. The molecule has 0 aromatic carbocycles. The fourth-order valence-electron chi connectivity index (χ4n) is 0.719. The fraction of sp³-hybridized carbons (Fsp3) is 0.733. The minimum Gasteiger partial charge on any atom is -0.480 e. The maximum atomic E-state index is 10.2. The lowest BCUT2D eigenvalue weighted by molar-refractivity contribution is -0.141. The number of nitrogens with zero attached hydrogens (tertiary/aromatic N) is 1. The largest absolute Gasteiger partial charge is 0.480 e. The second kappa shape index (κ2) is 18.4. The van der Waals surface area contributed by atoms with Crippen LogP contribution in [0.4, 0.5) is 0 Å². The summed E-state index contributed by atoms with van der Waals surface area (Å²) in [5, 5.41) is 32.0. The third-order valence-corrected chi connectivity index (χ3v) is 2.73. The topological polar surface area (TPSA) is 230 Å². The molecule has 0 fully saturated rings. The molecule has 0 radical (unpaired) electrons. The quantitative estimate of drug-likeness (QED) is 0.223. The highest BCUT2D eigenvalue weighted by Crippen LogP contribution is 2.16. The van der Waals surface area contributed by atoms with Crippen LogP contribution >= 0.6 is 12.6 Å². The van der Waals surface area contributed by atoms with Crippen LogP contribution in [0, 0.1) is 5.41 Å². The van der Waals surface area contributed by atoms with E-state index < -0.39 is 36.0 Å². The summed E-state index contributed by atoms with van der Waals surface area (Å²) in [5.41, 5.74) is 14.5. The first-order valence-corrected chi connectivity index (χ1v) is 8.43. The van der Waals surface area contributed by atoms with Crippen LogP contribution in [-0.4, -0.2) is 94.2 Å². The summed E-state index contributed by atoms with van der Waals surface area (Å²) in [6.07, 6.45) is 0. The van der Waals surface area contributed by atoms with Crippen molar-refractivity contribution in [3.8, 4) is 0 Å². The maximum absolute atomic E-state index is 10.2. The van der Waals surface area contributed by atoms with Gasteiger partial charge in [0.2, 0.25) is 0 Å². The van der Waals surface area contributed by atoms with E-state index in [0.29, 0.717) is 0 Å². The fourth-order valence-corrected chi connectivity index (χ4v) is 0.875. The van der Waals surface area contributed by atoms with E-state index >= 15 is 0 Å². The van der Waals surface area contributed by atoms with Crippen molar-refractivity contribution in [2.75, 3.05) is 32.9 Å². The zero-order valence-corrected chi connectivity index (χ0v) is 17.7. The number of hydrogen-bond donors (Lipinski definition) is 8. The molecule has 0 rings (SSSR count). The van der Waals surface area contributed by atoms with Crippen LogP contribution in [0.15, 0.2) is 0 Å². The highest BCUT2D eigenvalue weighted by Gasteiger charge is 2.26.